The molecule has 0 fully saturated rings. The van der Waals surface area contributed by atoms with Gasteiger partial charge in [0.1, 0.15) is 17.6 Å². The molecule has 0 radical (unpaired) electrons. The summed E-state index contributed by atoms with van der Waals surface area (Å²) < 4.78 is 5.53. The second-order valence-corrected chi connectivity index (χ2v) is 4.77. The van der Waals surface area contributed by atoms with Gasteiger partial charge >= 0.3 is 0 Å². The Morgan fingerprint density at radius 2 is 2.47 bits per heavy atom. The summed E-state index contributed by atoms with van der Waals surface area (Å²) in [5.74, 6) is -0.0630. The number of ether oxygens (including phenoxy) is 1. The van der Waals surface area contributed by atoms with Gasteiger partial charge in [-0.3, -0.25) is 4.79 Å². The summed E-state index contributed by atoms with van der Waals surface area (Å²) in [6, 6.07) is 2.05. The monoisotopic (exact) mass is 242 g/mol. The highest BCUT2D eigenvalue weighted by Crippen LogP contribution is 2.25. The Kier molecular flexibility index (Phi) is 4.75. The standard InChI is InChI=1S/C9H10N2O2S2/c1-13-5-6(12)3-7-8(4-10)15-9(11-7)14-2/h3,5H2,1-2H3. The molecule has 1 rings (SSSR count). The molecule has 80 valence electrons. The number of hydrogen-bond donors (Lipinski definition) is 0. The lowest BCUT2D eigenvalue weighted by atomic mass is 10.2. The zero-order chi connectivity index (χ0) is 11.3. The number of hydrogen-bond acceptors (Lipinski definition) is 6. The molecule has 0 unspecified atom stereocenters. The highest BCUT2D eigenvalue weighted by Gasteiger charge is 2.13. The molecule has 15 heavy (non-hydrogen) atoms. The fraction of sp³-hybridized carbons (Fsp3) is 0.444. The van der Waals surface area contributed by atoms with E-state index in [0.29, 0.717) is 10.6 Å². The predicted molar refractivity (Wildman–Crippen MR) is 59.2 cm³/mol. The molecule has 0 amide bonds. The zero-order valence-corrected chi connectivity index (χ0v) is 10.1. The van der Waals surface area contributed by atoms with Gasteiger partial charge in [0.25, 0.3) is 0 Å². The minimum atomic E-state index is -0.0630. The zero-order valence-electron chi connectivity index (χ0n) is 8.44. The smallest absolute Gasteiger partial charge is 0.164 e. The van der Waals surface area contributed by atoms with Gasteiger partial charge in [-0.2, -0.15) is 5.26 Å². The number of thiazole rings is 1. The molecule has 0 atom stereocenters. The molecule has 1 heterocycles. The molecule has 0 aromatic carbocycles. The number of carbonyl (C=O) groups excluding carboxylic acids is 1. The maximum absolute atomic E-state index is 11.3. The fourth-order valence-corrected chi connectivity index (χ4v) is 2.42. The predicted octanol–water partition coefficient (Wildman–Crippen LogP) is 1.49. The number of aromatic nitrogens is 1. The van der Waals surface area contributed by atoms with Gasteiger partial charge in [-0.15, -0.1) is 0 Å². The van der Waals surface area contributed by atoms with Crippen molar-refractivity contribution in [3.05, 3.63) is 10.6 Å². The molecule has 6 heteroatoms. The van der Waals surface area contributed by atoms with Crippen LogP contribution in [-0.4, -0.2) is 30.7 Å². The topological polar surface area (TPSA) is 63.0 Å². The Labute approximate surface area is 96.3 Å². The number of Topliss-reactive ketones (excluding diaryl/α,β-unsaturated/α-hetero) is 1. The maximum atomic E-state index is 11.3. The van der Waals surface area contributed by atoms with E-state index in [-0.39, 0.29) is 18.8 Å². The van der Waals surface area contributed by atoms with E-state index < -0.39 is 0 Å². The van der Waals surface area contributed by atoms with Crippen molar-refractivity contribution in [2.24, 2.45) is 0 Å². The van der Waals surface area contributed by atoms with Crippen LogP contribution in [0.3, 0.4) is 0 Å². The number of thioether (sulfide) groups is 1. The van der Waals surface area contributed by atoms with Crippen LogP contribution in [0.15, 0.2) is 4.34 Å². The van der Waals surface area contributed by atoms with E-state index in [0.717, 1.165) is 4.34 Å². The Hall–Kier alpha value is -0.900. The van der Waals surface area contributed by atoms with Crippen molar-refractivity contribution in [1.29, 1.82) is 5.26 Å². The first-order valence-electron chi connectivity index (χ1n) is 4.15. The Bertz CT molecular complexity index is 395. The Balaban J connectivity index is 2.80. The third-order valence-corrected chi connectivity index (χ3v) is 3.61. The van der Waals surface area contributed by atoms with Crippen LogP contribution in [0.2, 0.25) is 0 Å². The van der Waals surface area contributed by atoms with Crippen molar-refractivity contribution in [1.82, 2.24) is 4.98 Å². The van der Waals surface area contributed by atoms with Crippen molar-refractivity contribution in [3.8, 4) is 6.07 Å². The SMILES string of the molecule is COCC(=O)Cc1nc(SC)sc1C#N. The molecule has 1 aromatic heterocycles. The first kappa shape index (κ1) is 12.2. The van der Waals surface area contributed by atoms with Gasteiger partial charge in [-0.05, 0) is 6.26 Å². The number of methoxy groups -OCH3 is 1. The molecule has 0 bridgehead atoms. The number of ketones is 1. The van der Waals surface area contributed by atoms with Gasteiger partial charge in [-0.25, -0.2) is 4.98 Å². The molecule has 4 nitrogen and oxygen atoms in total. The Morgan fingerprint density at radius 1 is 1.73 bits per heavy atom. The molecule has 0 spiro atoms. The van der Waals surface area contributed by atoms with Crippen molar-refractivity contribution in [3.63, 3.8) is 0 Å². The van der Waals surface area contributed by atoms with E-state index >= 15 is 0 Å². The van der Waals surface area contributed by atoms with Crippen LogP contribution >= 0.6 is 23.1 Å². The van der Waals surface area contributed by atoms with E-state index in [2.05, 4.69) is 4.98 Å². The first-order valence-corrected chi connectivity index (χ1v) is 6.19. The summed E-state index contributed by atoms with van der Waals surface area (Å²) in [6.07, 6.45) is 2.06. The van der Waals surface area contributed by atoms with Crippen LogP contribution in [0.4, 0.5) is 0 Å². The van der Waals surface area contributed by atoms with Gasteiger partial charge in [0.15, 0.2) is 10.1 Å². The van der Waals surface area contributed by atoms with Crippen LogP contribution < -0.4 is 0 Å². The molecule has 0 saturated heterocycles. The Morgan fingerprint density at radius 3 is 3.00 bits per heavy atom. The number of carbonyl (C=O) groups is 1. The lowest BCUT2D eigenvalue weighted by molar-refractivity contribution is -0.122. The highest BCUT2D eigenvalue weighted by atomic mass is 32.2. The summed E-state index contributed by atoms with van der Waals surface area (Å²) in [7, 11) is 1.47. The number of nitrogens with zero attached hydrogens (tertiary/aromatic N) is 2. The second-order valence-electron chi connectivity index (χ2n) is 2.72. The molecule has 0 N–H and O–H groups in total. The van der Waals surface area contributed by atoms with Gasteiger partial charge in [0.05, 0.1) is 12.1 Å². The van der Waals surface area contributed by atoms with Gasteiger partial charge in [0, 0.05) is 7.11 Å². The van der Waals surface area contributed by atoms with Crippen LogP contribution in [-0.2, 0) is 16.0 Å². The molecular formula is C9H10N2O2S2. The molecule has 1 aromatic rings. The van der Waals surface area contributed by atoms with Crippen LogP contribution in [0, 0.1) is 11.3 Å². The quantitative estimate of drug-likeness (QED) is 0.732. The van der Waals surface area contributed by atoms with Gasteiger partial charge in [0.2, 0.25) is 0 Å². The van der Waals surface area contributed by atoms with Crippen LogP contribution in [0.1, 0.15) is 10.6 Å². The number of rotatable bonds is 5. The van der Waals surface area contributed by atoms with E-state index in [1.807, 2.05) is 12.3 Å². The highest BCUT2D eigenvalue weighted by molar-refractivity contribution is 8.00. The number of nitriles is 1. The molecule has 0 aliphatic carbocycles. The second kappa shape index (κ2) is 5.85. The van der Waals surface area contributed by atoms with E-state index in [9.17, 15) is 4.79 Å². The lowest BCUT2D eigenvalue weighted by Crippen LogP contribution is -2.10. The van der Waals surface area contributed by atoms with Crippen molar-refractivity contribution in [2.45, 2.75) is 10.8 Å². The minimum Gasteiger partial charge on any atom is -0.377 e. The molecule has 0 aliphatic rings. The molecular weight excluding hydrogens is 232 g/mol. The van der Waals surface area contributed by atoms with E-state index in [4.69, 9.17) is 10.00 Å². The summed E-state index contributed by atoms with van der Waals surface area (Å²) in [5, 5.41) is 8.84. The van der Waals surface area contributed by atoms with Gasteiger partial charge in [-0.1, -0.05) is 23.1 Å². The average molecular weight is 242 g/mol. The largest absolute Gasteiger partial charge is 0.377 e. The molecule has 0 saturated carbocycles. The summed E-state index contributed by atoms with van der Waals surface area (Å²) in [4.78, 5) is 16.0. The third kappa shape index (κ3) is 3.30. The fourth-order valence-electron chi connectivity index (χ4n) is 1.02. The van der Waals surface area contributed by atoms with E-state index in [1.54, 1.807) is 0 Å². The van der Waals surface area contributed by atoms with Crippen molar-refractivity contribution < 1.29 is 9.53 Å². The molecule has 0 aliphatic heterocycles. The van der Waals surface area contributed by atoms with Crippen molar-refractivity contribution in [2.75, 3.05) is 20.0 Å². The summed E-state index contributed by atoms with van der Waals surface area (Å²) >= 11 is 2.79. The minimum absolute atomic E-state index is 0.0630. The summed E-state index contributed by atoms with van der Waals surface area (Å²) in [5.41, 5.74) is 0.564. The van der Waals surface area contributed by atoms with Crippen LogP contribution in [0.25, 0.3) is 0 Å². The summed E-state index contributed by atoms with van der Waals surface area (Å²) in [6.45, 7) is 0.0665. The van der Waals surface area contributed by atoms with Crippen LogP contribution in [0.5, 0.6) is 0 Å². The van der Waals surface area contributed by atoms with Crippen molar-refractivity contribution >= 4 is 28.9 Å². The third-order valence-electron chi connectivity index (χ3n) is 1.62. The first-order chi connectivity index (χ1) is 7.21. The van der Waals surface area contributed by atoms with Gasteiger partial charge < -0.3 is 4.74 Å². The normalized spacial score (nSPS) is 9.93. The maximum Gasteiger partial charge on any atom is 0.164 e. The average Bonchev–Trinajstić information content (AvgIpc) is 2.60. The lowest BCUT2D eigenvalue weighted by Gasteiger charge is -1.96. The van der Waals surface area contributed by atoms with E-state index in [1.165, 1.54) is 30.2 Å².